The van der Waals surface area contributed by atoms with Crippen LogP contribution < -0.4 is 5.32 Å². The summed E-state index contributed by atoms with van der Waals surface area (Å²) < 4.78 is 13.3. The average Bonchev–Trinajstić information content (AvgIpc) is 2.81. The van der Waals surface area contributed by atoms with Gasteiger partial charge in [-0.2, -0.15) is 0 Å². The zero-order chi connectivity index (χ0) is 14.4. The van der Waals surface area contributed by atoms with Gasteiger partial charge in [0, 0.05) is 17.8 Å². The predicted octanol–water partition coefficient (Wildman–Crippen LogP) is 3.74. The first-order chi connectivity index (χ1) is 9.67. The van der Waals surface area contributed by atoms with Crippen molar-refractivity contribution in [2.45, 2.75) is 39.2 Å². The maximum atomic E-state index is 13.3. The summed E-state index contributed by atoms with van der Waals surface area (Å²) in [4.78, 5) is 4.52. The smallest absolute Gasteiger partial charge is 0.123 e. The highest BCUT2D eigenvalue weighted by atomic mass is 32.1. The zero-order valence-corrected chi connectivity index (χ0v) is 12.8. The van der Waals surface area contributed by atoms with Gasteiger partial charge in [-0.15, -0.1) is 11.3 Å². The molecule has 1 heterocycles. The van der Waals surface area contributed by atoms with Crippen molar-refractivity contribution >= 4 is 11.3 Å². The van der Waals surface area contributed by atoms with E-state index in [0.717, 1.165) is 42.1 Å². The van der Waals surface area contributed by atoms with Crippen molar-refractivity contribution in [2.75, 3.05) is 6.54 Å². The van der Waals surface area contributed by atoms with Crippen molar-refractivity contribution in [3.8, 4) is 0 Å². The number of nitrogens with zero attached hydrogens (tertiary/aromatic N) is 1. The van der Waals surface area contributed by atoms with E-state index in [-0.39, 0.29) is 5.82 Å². The van der Waals surface area contributed by atoms with E-state index in [1.54, 1.807) is 23.5 Å². The van der Waals surface area contributed by atoms with Gasteiger partial charge in [0.25, 0.3) is 0 Å². The van der Waals surface area contributed by atoms with Gasteiger partial charge in [0.05, 0.1) is 10.7 Å². The molecule has 2 rings (SSSR count). The molecule has 0 bridgehead atoms. The third-order valence-corrected chi connectivity index (χ3v) is 4.00. The van der Waals surface area contributed by atoms with Crippen molar-refractivity contribution in [1.82, 2.24) is 10.3 Å². The van der Waals surface area contributed by atoms with Gasteiger partial charge < -0.3 is 5.32 Å². The van der Waals surface area contributed by atoms with Gasteiger partial charge >= 0.3 is 0 Å². The molecule has 20 heavy (non-hydrogen) atoms. The second kappa shape index (κ2) is 7.50. The van der Waals surface area contributed by atoms with Crippen LogP contribution in [0.2, 0.25) is 0 Å². The van der Waals surface area contributed by atoms with Crippen LogP contribution in [0.5, 0.6) is 0 Å². The van der Waals surface area contributed by atoms with E-state index in [4.69, 9.17) is 0 Å². The summed E-state index contributed by atoms with van der Waals surface area (Å²) in [5.74, 6) is -0.166. The summed E-state index contributed by atoms with van der Waals surface area (Å²) >= 11 is 1.68. The third kappa shape index (κ3) is 4.69. The molecule has 0 saturated carbocycles. The van der Waals surface area contributed by atoms with E-state index < -0.39 is 0 Å². The van der Waals surface area contributed by atoms with E-state index >= 15 is 0 Å². The Labute approximate surface area is 124 Å². The Kier molecular flexibility index (Phi) is 5.68. The Morgan fingerprint density at radius 1 is 1.35 bits per heavy atom. The van der Waals surface area contributed by atoms with E-state index in [2.05, 4.69) is 22.6 Å². The van der Waals surface area contributed by atoms with Crippen molar-refractivity contribution in [1.29, 1.82) is 0 Å². The Morgan fingerprint density at radius 2 is 2.20 bits per heavy atom. The molecular weight excluding hydrogens is 271 g/mol. The van der Waals surface area contributed by atoms with Crippen LogP contribution >= 0.6 is 11.3 Å². The monoisotopic (exact) mass is 292 g/mol. The molecule has 0 radical (unpaired) electrons. The van der Waals surface area contributed by atoms with Gasteiger partial charge in [-0.05, 0) is 44.0 Å². The van der Waals surface area contributed by atoms with E-state index in [9.17, 15) is 4.39 Å². The fourth-order valence-electron chi connectivity index (χ4n) is 2.27. The minimum absolute atomic E-state index is 0.166. The largest absolute Gasteiger partial charge is 0.313 e. The summed E-state index contributed by atoms with van der Waals surface area (Å²) in [5, 5.41) is 6.75. The minimum atomic E-state index is -0.166. The fourth-order valence-corrected chi connectivity index (χ4v) is 2.89. The quantitative estimate of drug-likeness (QED) is 0.841. The standard InChI is InChI=1S/C16H21FN2S/c1-3-7-18-15(10-16-11-20-12(2)19-16)9-13-5-4-6-14(17)8-13/h4-6,8,11,15,18H,3,7,9-10H2,1-2H3. The number of nitrogens with one attached hydrogen (secondary N) is 1. The number of aryl methyl sites for hydroxylation is 1. The number of rotatable bonds is 7. The summed E-state index contributed by atoms with van der Waals surface area (Å²) in [6, 6.07) is 7.16. The molecule has 0 spiro atoms. The topological polar surface area (TPSA) is 24.9 Å². The summed E-state index contributed by atoms with van der Waals surface area (Å²) in [6.07, 6.45) is 2.81. The minimum Gasteiger partial charge on any atom is -0.313 e. The highest BCUT2D eigenvalue weighted by molar-refractivity contribution is 7.09. The third-order valence-electron chi connectivity index (χ3n) is 3.18. The van der Waals surface area contributed by atoms with Crippen LogP contribution in [0.3, 0.4) is 0 Å². The van der Waals surface area contributed by atoms with Gasteiger partial charge in [0.1, 0.15) is 5.82 Å². The molecule has 0 fully saturated rings. The molecule has 1 unspecified atom stereocenters. The average molecular weight is 292 g/mol. The van der Waals surface area contributed by atoms with Crippen molar-refractivity contribution in [3.63, 3.8) is 0 Å². The number of hydrogen-bond donors (Lipinski definition) is 1. The summed E-state index contributed by atoms with van der Waals surface area (Å²) in [6.45, 7) is 5.15. The molecule has 0 aliphatic carbocycles. The first-order valence-electron chi connectivity index (χ1n) is 7.06. The molecule has 1 atom stereocenters. The van der Waals surface area contributed by atoms with Crippen LogP contribution in [0.15, 0.2) is 29.6 Å². The van der Waals surface area contributed by atoms with Gasteiger partial charge in [0.15, 0.2) is 0 Å². The molecule has 0 saturated heterocycles. The van der Waals surface area contributed by atoms with Crippen LogP contribution in [0, 0.1) is 12.7 Å². The molecule has 1 aromatic heterocycles. The van der Waals surface area contributed by atoms with E-state index in [1.165, 1.54) is 6.07 Å². The second-order valence-electron chi connectivity index (χ2n) is 5.05. The van der Waals surface area contributed by atoms with Crippen LogP contribution in [0.4, 0.5) is 4.39 Å². The lowest BCUT2D eigenvalue weighted by Crippen LogP contribution is -2.34. The van der Waals surface area contributed by atoms with Crippen LogP contribution in [0.25, 0.3) is 0 Å². The van der Waals surface area contributed by atoms with Crippen LogP contribution in [0.1, 0.15) is 29.6 Å². The van der Waals surface area contributed by atoms with Gasteiger partial charge in [0.2, 0.25) is 0 Å². The molecule has 0 aliphatic rings. The van der Waals surface area contributed by atoms with Gasteiger partial charge in [-0.3, -0.25) is 0 Å². The number of benzene rings is 1. The number of hydrogen-bond acceptors (Lipinski definition) is 3. The van der Waals surface area contributed by atoms with Crippen molar-refractivity contribution in [2.24, 2.45) is 0 Å². The Morgan fingerprint density at radius 3 is 2.85 bits per heavy atom. The van der Waals surface area contributed by atoms with Crippen LogP contribution in [-0.4, -0.2) is 17.6 Å². The Balaban J connectivity index is 2.02. The van der Waals surface area contributed by atoms with Crippen molar-refractivity contribution in [3.05, 3.63) is 51.7 Å². The molecule has 0 aliphatic heterocycles. The number of thiazole rings is 1. The molecule has 1 N–H and O–H groups in total. The lowest BCUT2D eigenvalue weighted by molar-refractivity contribution is 0.499. The van der Waals surface area contributed by atoms with E-state index in [1.807, 2.05) is 13.0 Å². The highest BCUT2D eigenvalue weighted by Crippen LogP contribution is 2.13. The van der Waals surface area contributed by atoms with Crippen LogP contribution in [-0.2, 0) is 12.8 Å². The zero-order valence-electron chi connectivity index (χ0n) is 12.0. The summed E-state index contributed by atoms with van der Waals surface area (Å²) in [5.41, 5.74) is 2.16. The highest BCUT2D eigenvalue weighted by Gasteiger charge is 2.12. The van der Waals surface area contributed by atoms with Gasteiger partial charge in [-0.25, -0.2) is 9.37 Å². The molecule has 108 valence electrons. The molecule has 0 amide bonds. The molecule has 2 nitrogen and oxygen atoms in total. The molecular formula is C16H21FN2S. The first-order valence-corrected chi connectivity index (χ1v) is 7.94. The number of aromatic nitrogens is 1. The lowest BCUT2D eigenvalue weighted by Gasteiger charge is -2.17. The van der Waals surface area contributed by atoms with E-state index in [0.29, 0.717) is 6.04 Å². The maximum Gasteiger partial charge on any atom is 0.123 e. The lowest BCUT2D eigenvalue weighted by atomic mass is 10.0. The fraction of sp³-hybridized carbons (Fsp3) is 0.438. The number of halogens is 1. The SMILES string of the molecule is CCCNC(Cc1cccc(F)c1)Cc1csc(C)n1. The normalized spacial score (nSPS) is 12.6. The van der Waals surface area contributed by atoms with Gasteiger partial charge in [-0.1, -0.05) is 19.1 Å². The Bertz CT molecular complexity index is 539. The predicted molar refractivity (Wildman–Crippen MR) is 82.7 cm³/mol. The molecule has 1 aromatic carbocycles. The van der Waals surface area contributed by atoms with Crippen molar-refractivity contribution < 1.29 is 4.39 Å². The molecule has 4 heteroatoms. The Hall–Kier alpha value is -1.26. The maximum absolute atomic E-state index is 13.3. The second-order valence-corrected chi connectivity index (χ2v) is 6.11. The first kappa shape index (κ1) is 15.1. The summed E-state index contributed by atoms with van der Waals surface area (Å²) in [7, 11) is 0. The molecule has 2 aromatic rings.